The Labute approximate surface area is 109 Å². The molecule has 18 heavy (non-hydrogen) atoms. The van der Waals surface area contributed by atoms with E-state index in [0.29, 0.717) is 28.4 Å². The van der Waals surface area contributed by atoms with Crippen LogP contribution in [0.5, 0.6) is 5.75 Å². The van der Waals surface area contributed by atoms with Gasteiger partial charge in [0.25, 0.3) is 0 Å². The summed E-state index contributed by atoms with van der Waals surface area (Å²) in [6, 6.07) is 2.88. The predicted molar refractivity (Wildman–Crippen MR) is 69.3 cm³/mol. The molecule has 2 rings (SSSR count). The van der Waals surface area contributed by atoms with E-state index < -0.39 is 5.82 Å². The Balaban J connectivity index is 2.76. The maximum absolute atomic E-state index is 13.7. The lowest BCUT2D eigenvalue weighted by atomic mass is 10.0. The molecule has 0 saturated carbocycles. The van der Waals surface area contributed by atoms with Crippen molar-refractivity contribution in [1.29, 1.82) is 0 Å². The fourth-order valence-corrected chi connectivity index (χ4v) is 2.07. The van der Waals surface area contributed by atoms with Crippen LogP contribution in [0.3, 0.4) is 0 Å². The molecule has 0 fully saturated rings. The molecule has 6 heteroatoms. The molecule has 0 atom stereocenters. The third-order valence-corrected chi connectivity index (χ3v) is 3.09. The number of halogens is 2. The summed E-state index contributed by atoms with van der Waals surface area (Å²) in [6.07, 6.45) is 0. The first kappa shape index (κ1) is 12.7. The Hall–Kier alpha value is -1.75. The van der Waals surface area contributed by atoms with Crippen LogP contribution in [0.4, 0.5) is 10.2 Å². The molecule has 0 aliphatic rings. The zero-order chi connectivity index (χ0) is 13.4. The molecule has 0 spiro atoms. The Morgan fingerprint density at radius 1 is 1.44 bits per heavy atom. The number of benzene rings is 1. The van der Waals surface area contributed by atoms with E-state index in [-0.39, 0.29) is 5.02 Å². The Morgan fingerprint density at radius 3 is 2.61 bits per heavy atom. The molecule has 0 radical (unpaired) electrons. The normalized spacial score (nSPS) is 10.7. The van der Waals surface area contributed by atoms with E-state index in [4.69, 9.17) is 22.1 Å². The Kier molecular flexibility index (Phi) is 3.17. The van der Waals surface area contributed by atoms with Crippen molar-refractivity contribution in [1.82, 2.24) is 9.78 Å². The second-order valence-corrected chi connectivity index (χ2v) is 4.36. The van der Waals surface area contributed by atoms with Gasteiger partial charge in [0.1, 0.15) is 17.4 Å². The summed E-state index contributed by atoms with van der Waals surface area (Å²) in [6.45, 7) is 1.65. The summed E-state index contributed by atoms with van der Waals surface area (Å²) in [5.74, 6) is 0.473. The number of methoxy groups -OCH3 is 1. The van der Waals surface area contributed by atoms with E-state index >= 15 is 0 Å². The largest absolute Gasteiger partial charge is 0.494 e. The highest BCUT2D eigenvalue weighted by atomic mass is 35.5. The van der Waals surface area contributed by atoms with Gasteiger partial charge in [-0.15, -0.1) is 0 Å². The van der Waals surface area contributed by atoms with Crippen LogP contribution < -0.4 is 10.5 Å². The molecule has 0 bridgehead atoms. The van der Waals surface area contributed by atoms with Gasteiger partial charge in [-0.25, -0.2) is 4.39 Å². The molecule has 0 amide bonds. The first-order chi connectivity index (χ1) is 8.45. The maximum atomic E-state index is 13.7. The summed E-state index contributed by atoms with van der Waals surface area (Å²) in [5, 5.41) is 4.43. The number of nitrogens with zero attached hydrogens (tertiary/aromatic N) is 2. The highest BCUT2D eigenvalue weighted by molar-refractivity contribution is 6.32. The molecule has 0 aliphatic heterocycles. The van der Waals surface area contributed by atoms with Gasteiger partial charge in [-0.05, 0) is 18.6 Å². The smallest absolute Gasteiger partial charge is 0.147 e. The zero-order valence-corrected chi connectivity index (χ0v) is 11.0. The highest BCUT2D eigenvalue weighted by Gasteiger charge is 2.19. The van der Waals surface area contributed by atoms with Gasteiger partial charge in [0, 0.05) is 13.1 Å². The third kappa shape index (κ3) is 1.90. The first-order valence-electron chi connectivity index (χ1n) is 5.28. The van der Waals surface area contributed by atoms with Crippen LogP contribution in [-0.4, -0.2) is 16.9 Å². The van der Waals surface area contributed by atoms with Gasteiger partial charge < -0.3 is 10.5 Å². The molecular weight excluding hydrogens is 257 g/mol. The number of hydrogen-bond donors (Lipinski definition) is 1. The van der Waals surface area contributed by atoms with Crippen LogP contribution in [-0.2, 0) is 7.05 Å². The van der Waals surface area contributed by atoms with Gasteiger partial charge in [0.05, 0.1) is 23.4 Å². The number of hydrogen-bond acceptors (Lipinski definition) is 3. The molecule has 0 aliphatic carbocycles. The molecule has 0 unspecified atom stereocenters. The van der Waals surface area contributed by atoms with Crippen molar-refractivity contribution in [3.8, 4) is 17.0 Å². The summed E-state index contributed by atoms with van der Waals surface area (Å²) in [4.78, 5) is 0. The average Bonchev–Trinajstić information content (AvgIpc) is 2.63. The van der Waals surface area contributed by atoms with E-state index in [1.165, 1.54) is 17.9 Å². The summed E-state index contributed by atoms with van der Waals surface area (Å²) >= 11 is 5.97. The molecule has 1 aromatic carbocycles. The predicted octanol–water partition coefficient (Wildman–Crippen LogP) is 2.78. The van der Waals surface area contributed by atoms with Crippen LogP contribution in [0.2, 0.25) is 5.02 Å². The molecule has 2 N–H and O–H groups in total. The van der Waals surface area contributed by atoms with Crippen molar-refractivity contribution in [3.05, 3.63) is 28.5 Å². The van der Waals surface area contributed by atoms with Crippen molar-refractivity contribution in [2.75, 3.05) is 12.8 Å². The molecule has 2 aromatic rings. The van der Waals surface area contributed by atoms with E-state index in [1.54, 1.807) is 20.0 Å². The number of anilines is 1. The number of ether oxygens (including phenoxy) is 1. The number of rotatable bonds is 2. The third-order valence-electron chi connectivity index (χ3n) is 2.81. The summed E-state index contributed by atoms with van der Waals surface area (Å²) in [7, 11) is 3.19. The SMILES string of the molecule is COc1c(Cl)cc(F)c(C)c1-c1cc(N)n(C)n1. The lowest BCUT2D eigenvalue weighted by Gasteiger charge is -2.12. The van der Waals surface area contributed by atoms with E-state index in [0.717, 1.165) is 0 Å². The van der Waals surface area contributed by atoms with Gasteiger partial charge in [-0.1, -0.05) is 11.6 Å². The number of nitrogens with two attached hydrogens (primary N) is 1. The molecule has 1 aromatic heterocycles. The van der Waals surface area contributed by atoms with Gasteiger partial charge in [-0.2, -0.15) is 5.10 Å². The number of nitrogen functional groups attached to an aromatic ring is 1. The lowest BCUT2D eigenvalue weighted by molar-refractivity contribution is 0.415. The standard InChI is InChI=1S/C12H13ClFN3O/c1-6-8(14)4-7(13)12(18-3)11(6)9-5-10(15)17(2)16-9/h4-5H,15H2,1-3H3. The Bertz CT molecular complexity index is 590. The molecule has 96 valence electrons. The van der Waals surface area contributed by atoms with E-state index in [1.807, 2.05) is 0 Å². The van der Waals surface area contributed by atoms with Crippen LogP contribution in [0, 0.1) is 12.7 Å². The van der Waals surface area contributed by atoms with Gasteiger partial charge >= 0.3 is 0 Å². The second kappa shape index (κ2) is 4.49. The van der Waals surface area contributed by atoms with Crippen molar-refractivity contribution in [3.63, 3.8) is 0 Å². The highest BCUT2D eigenvalue weighted by Crippen LogP contribution is 2.39. The van der Waals surface area contributed by atoms with Crippen LogP contribution >= 0.6 is 11.6 Å². The van der Waals surface area contributed by atoms with Gasteiger partial charge in [0.2, 0.25) is 0 Å². The Morgan fingerprint density at radius 2 is 2.11 bits per heavy atom. The van der Waals surface area contributed by atoms with E-state index in [9.17, 15) is 4.39 Å². The van der Waals surface area contributed by atoms with Crippen molar-refractivity contribution in [2.45, 2.75) is 6.92 Å². The summed E-state index contributed by atoms with van der Waals surface area (Å²) in [5.41, 5.74) is 7.21. The van der Waals surface area contributed by atoms with Gasteiger partial charge in [-0.3, -0.25) is 4.68 Å². The van der Waals surface area contributed by atoms with Crippen LogP contribution in [0.1, 0.15) is 5.56 Å². The van der Waals surface area contributed by atoms with Crippen LogP contribution in [0.25, 0.3) is 11.3 Å². The lowest BCUT2D eigenvalue weighted by Crippen LogP contribution is -1.98. The maximum Gasteiger partial charge on any atom is 0.147 e. The topological polar surface area (TPSA) is 53.1 Å². The van der Waals surface area contributed by atoms with Crippen molar-refractivity contribution >= 4 is 17.4 Å². The first-order valence-corrected chi connectivity index (χ1v) is 5.66. The minimum absolute atomic E-state index is 0.208. The molecule has 4 nitrogen and oxygen atoms in total. The minimum atomic E-state index is -0.403. The molecular formula is C12H13ClFN3O. The second-order valence-electron chi connectivity index (χ2n) is 3.95. The fraction of sp³-hybridized carbons (Fsp3) is 0.250. The fourth-order valence-electron chi connectivity index (χ4n) is 1.81. The van der Waals surface area contributed by atoms with Crippen molar-refractivity contribution in [2.24, 2.45) is 7.05 Å². The zero-order valence-electron chi connectivity index (χ0n) is 10.3. The molecule has 0 saturated heterocycles. The van der Waals surface area contributed by atoms with Crippen LogP contribution in [0.15, 0.2) is 12.1 Å². The monoisotopic (exact) mass is 269 g/mol. The molecule has 1 heterocycles. The average molecular weight is 270 g/mol. The summed E-state index contributed by atoms with van der Waals surface area (Å²) < 4.78 is 20.5. The number of aromatic nitrogens is 2. The minimum Gasteiger partial charge on any atom is -0.494 e. The number of aryl methyl sites for hydroxylation is 1. The van der Waals surface area contributed by atoms with Crippen molar-refractivity contribution < 1.29 is 9.13 Å². The quantitative estimate of drug-likeness (QED) is 0.912. The van der Waals surface area contributed by atoms with Gasteiger partial charge in [0.15, 0.2) is 0 Å². The van der Waals surface area contributed by atoms with E-state index in [2.05, 4.69) is 5.10 Å².